The van der Waals surface area contributed by atoms with Crippen LogP contribution in [0.25, 0.3) is 33.9 Å². The van der Waals surface area contributed by atoms with E-state index >= 15 is 0 Å². The number of carbonyl (C=O) groups excluding carboxylic acids is 2. The number of hydrogen-bond donors (Lipinski definition) is 2. The van der Waals surface area contributed by atoms with Crippen LogP contribution in [0.1, 0.15) is 26.4 Å². The van der Waals surface area contributed by atoms with Gasteiger partial charge in [0, 0.05) is 41.5 Å². The van der Waals surface area contributed by atoms with Crippen LogP contribution in [0.4, 0.5) is 11.4 Å². The van der Waals surface area contributed by atoms with Crippen LogP contribution >= 0.6 is 0 Å². The number of aromatic nitrogens is 3. The molecule has 0 atom stereocenters. The molecule has 1 aliphatic heterocycles. The molecule has 0 aliphatic carbocycles. The van der Waals surface area contributed by atoms with Gasteiger partial charge in [0.25, 0.3) is 11.8 Å². The van der Waals surface area contributed by atoms with Crippen molar-refractivity contribution in [3.05, 3.63) is 144 Å². The maximum atomic E-state index is 13.8. The van der Waals surface area contributed by atoms with Crippen LogP contribution in [0.2, 0.25) is 0 Å². The van der Waals surface area contributed by atoms with Crippen molar-refractivity contribution in [3.8, 4) is 33.9 Å². The molecule has 0 unspecified atom stereocenters. The number of imidazole rings is 1. The average Bonchev–Trinajstić information content (AvgIpc) is 3.44. The average molecular weight is 580 g/mol. The van der Waals surface area contributed by atoms with Gasteiger partial charge in [-0.1, -0.05) is 72.8 Å². The van der Waals surface area contributed by atoms with Crippen molar-refractivity contribution in [1.82, 2.24) is 15.0 Å². The highest BCUT2D eigenvalue weighted by molar-refractivity contribution is 6.10. The lowest BCUT2D eigenvalue weighted by atomic mass is 9.99. The Hall–Kier alpha value is -5.86. The van der Waals surface area contributed by atoms with Crippen molar-refractivity contribution >= 4 is 23.2 Å². The van der Waals surface area contributed by atoms with Gasteiger partial charge in [0.2, 0.25) is 0 Å². The van der Waals surface area contributed by atoms with Crippen molar-refractivity contribution in [2.75, 3.05) is 16.8 Å². The second-order valence-corrected chi connectivity index (χ2v) is 10.3. The molecule has 216 valence electrons. The molecule has 3 heterocycles. The molecule has 0 saturated carbocycles. The van der Waals surface area contributed by atoms with E-state index in [0.717, 1.165) is 39.5 Å². The van der Waals surface area contributed by atoms with Crippen molar-refractivity contribution in [3.63, 3.8) is 0 Å². The second kappa shape index (κ2) is 12.2. The zero-order valence-corrected chi connectivity index (χ0v) is 23.7. The number of anilines is 2. The zero-order chi connectivity index (χ0) is 29.2. The minimum absolute atomic E-state index is 0. The lowest BCUT2D eigenvalue weighted by Gasteiger charge is -2.23. The van der Waals surface area contributed by atoms with E-state index in [1.807, 2.05) is 97.1 Å². The highest BCUT2D eigenvalue weighted by Crippen LogP contribution is 2.37. The van der Waals surface area contributed by atoms with Crippen molar-refractivity contribution in [1.29, 1.82) is 0 Å². The van der Waals surface area contributed by atoms with E-state index in [9.17, 15) is 9.59 Å². The fourth-order valence-corrected chi connectivity index (χ4v) is 5.51. The van der Waals surface area contributed by atoms with E-state index in [2.05, 4.69) is 15.3 Å². The van der Waals surface area contributed by atoms with Gasteiger partial charge in [0.05, 0.1) is 17.1 Å². The molecule has 4 N–H and O–H groups in total. The maximum Gasteiger partial charge on any atom is 0.258 e. The summed E-state index contributed by atoms with van der Waals surface area (Å²) in [7, 11) is 0. The highest BCUT2D eigenvalue weighted by Gasteiger charge is 2.27. The molecule has 2 aromatic heterocycles. The summed E-state index contributed by atoms with van der Waals surface area (Å²) in [5.41, 5.74) is 7.87. The first kappa shape index (κ1) is 28.3. The molecular formula is C36H29N5O3. The number of H-pyrrole nitrogens is 1. The molecule has 6 aromatic rings. The largest absolute Gasteiger partial charge is 0.412 e. The first-order valence-electron chi connectivity index (χ1n) is 14.1. The molecule has 0 fully saturated rings. The van der Waals surface area contributed by atoms with Crippen LogP contribution in [0.3, 0.4) is 0 Å². The Morgan fingerprint density at radius 2 is 1.45 bits per heavy atom. The smallest absolute Gasteiger partial charge is 0.258 e. The zero-order valence-electron chi connectivity index (χ0n) is 23.7. The van der Waals surface area contributed by atoms with E-state index in [4.69, 9.17) is 4.98 Å². The van der Waals surface area contributed by atoms with Gasteiger partial charge in [-0.25, -0.2) is 4.98 Å². The number of nitrogens with zero attached hydrogens (tertiary/aromatic N) is 3. The number of aromatic amines is 1. The van der Waals surface area contributed by atoms with Crippen LogP contribution in [0.5, 0.6) is 0 Å². The predicted molar refractivity (Wildman–Crippen MR) is 173 cm³/mol. The number of rotatable bonds is 5. The topological polar surface area (TPSA) is 122 Å². The fraction of sp³-hybridized carbons (Fsp3) is 0.0556. The molecule has 0 saturated heterocycles. The van der Waals surface area contributed by atoms with Crippen LogP contribution in [-0.2, 0) is 6.42 Å². The lowest BCUT2D eigenvalue weighted by Crippen LogP contribution is -2.32. The summed E-state index contributed by atoms with van der Waals surface area (Å²) in [6.07, 6.45) is 2.34. The van der Waals surface area contributed by atoms with E-state index in [0.29, 0.717) is 35.6 Å². The van der Waals surface area contributed by atoms with Gasteiger partial charge in [-0.3, -0.25) is 14.6 Å². The van der Waals surface area contributed by atoms with Gasteiger partial charge < -0.3 is 20.7 Å². The minimum atomic E-state index is -0.210. The summed E-state index contributed by atoms with van der Waals surface area (Å²) in [6.45, 7) is 0.476. The molecule has 0 spiro atoms. The Bertz CT molecular complexity index is 1940. The van der Waals surface area contributed by atoms with Crippen molar-refractivity contribution in [2.24, 2.45) is 0 Å². The lowest BCUT2D eigenvalue weighted by molar-refractivity contribution is 0.0986. The summed E-state index contributed by atoms with van der Waals surface area (Å²) in [4.78, 5) is 41.6. The van der Waals surface area contributed by atoms with E-state index in [1.54, 1.807) is 35.4 Å². The fourth-order valence-electron chi connectivity index (χ4n) is 5.51. The van der Waals surface area contributed by atoms with Gasteiger partial charge in [-0.05, 0) is 59.7 Å². The number of nitrogens with one attached hydrogen (secondary N) is 2. The molecule has 0 radical (unpaired) electrons. The summed E-state index contributed by atoms with van der Waals surface area (Å²) in [5.74, 6) is 0.387. The summed E-state index contributed by atoms with van der Waals surface area (Å²) >= 11 is 0. The Morgan fingerprint density at radius 3 is 2.23 bits per heavy atom. The Labute approximate surface area is 254 Å². The first-order chi connectivity index (χ1) is 21.2. The van der Waals surface area contributed by atoms with Crippen molar-refractivity contribution in [2.45, 2.75) is 6.42 Å². The van der Waals surface area contributed by atoms with Gasteiger partial charge in [0.15, 0.2) is 5.82 Å². The number of benzene rings is 4. The normalized spacial score (nSPS) is 11.9. The number of para-hydroxylation sites is 1. The predicted octanol–water partition coefficient (Wildman–Crippen LogP) is 6.44. The molecule has 44 heavy (non-hydrogen) atoms. The first-order valence-corrected chi connectivity index (χ1v) is 14.1. The molecule has 8 nitrogen and oxygen atoms in total. The van der Waals surface area contributed by atoms with Crippen LogP contribution in [-0.4, -0.2) is 38.8 Å². The maximum absolute atomic E-state index is 13.8. The number of hydrogen-bond acceptors (Lipinski definition) is 4. The monoisotopic (exact) mass is 579 g/mol. The Morgan fingerprint density at radius 1 is 0.750 bits per heavy atom. The van der Waals surface area contributed by atoms with Crippen LogP contribution < -0.4 is 10.2 Å². The highest BCUT2D eigenvalue weighted by atomic mass is 16.2. The number of amides is 2. The Balaban J connectivity index is 0.00000343. The standard InChI is InChI=1S/C36H27N5O2.H2O/c42-35(28-13-5-4-12-27(28)24-10-2-1-3-11-24)38-26-19-17-25(18-20-26)36(43)41-23-21-30-33(29-14-6-7-16-32(29)41)40-34(39-30)31-15-8-9-22-37-31;/h1-20,22H,21,23H2,(H,38,42)(H,39,40);1H2. The molecule has 7 rings (SSSR count). The third kappa shape index (κ3) is 5.37. The summed E-state index contributed by atoms with van der Waals surface area (Å²) in [6, 6.07) is 38.0. The molecular weight excluding hydrogens is 550 g/mol. The summed E-state index contributed by atoms with van der Waals surface area (Å²) < 4.78 is 0. The quantitative estimate of drug-likeness (QED) is 0.244. The summed E-state index contributed by atoms with van der Waals surface area (Å²) in [5, 5.41) is 2.99. The Kier molecular flexibility index (Phi) is 7.82. The minimum Gasteiger partial charge on any atom is -0.412 e. The number of fused-ring (bicyclic) bond motifs is 3. The molecule has 1 aliphatic rings. The van der Waals surface area contributed by atoms with Gasteiger partial charge in [0.1, 0.15) is 5.69 Å². The van der Waals surface area contributed by atoms with Crippen LogP contribution in [0.15, 0.2) is 128 Å². The SMILES string of the molecule is O.O=C(Nc1ccc(C(=O)N2CCc3nc(-c4ccccn4)[nH]c3-c3ccccc32)cc1)c1ccccc1-c1ccccc1. The van der Waals surface area contributed by atoms with Gasteiger partial charge >= 0.3 is 0 Å². The van der Waals surface area contributed by atoms with E-state index in [-0.39, 0.29) is 17.3 Å². The molecule has 2 amide bonds. The third-order valence-electron chi connectivity index (χ3n) is 7.61. The third-order valence-corrected chi connectivity index (χ3v) is 7.61. The molecule has 4 aromatic carbocycles. The number of pyridine rings is 1. The number of carbonyl (C=O) groups is 2. The van der Waals surface area contributed by atoms with Crippen LogP contribution in [0, 0.1) is 0 Å². The van der Waals surface area contributed by atoms with Gasteiger partial charge in [-0.2, -0.15) is 0 Å². The molecule has 8 heteroatoms. The van der Waals surface area contributed by atoms with Crippen molar-refractivity contribution < 1.29 is 15.1 Å². The van der Waals surface area contributed by atoms with E-state index < -0.39 is 0 Å². The van der Waals surface area contributed by atoms with E-state index in [1.165, 1.54) is 0 Å². The molecule has 0 bridgehead atoms. The van der Waals surface area contributed by atoms with Gasteiger partial charge in [-0.15, -0.1) is 0 Å². The second-order valence-electron chi connectivity index (χ2n) is 10.3.